The minimum Gasteiger partial charge on any atom is -0.508 e. The van der Waals surface area contributed by atoms with Crippen LogP contribution < -0.4 is 14.2 Å². The van der Waals surface area contributed by atoms with Gasteiger partial charge in [-0.1, -0.05) is 86.7 Å². The zero-order valence-corrected chi connectivity index (χ0v) is 26.3. The molecule has 2 aliphatic rings. The maximum absolute atomic E-state index is 10.2. The van der Waals surface area contributed by atoms with Crippen LogP contribution in [0.3, 0.4) is 0 Å². The van der Waals surface area contributed by atoms with Gasteiger partial charge in [0.25, 0.3) is 0 Å². The Labute approximate surface area is 269 Å². The van der Waals surface area contributed by atoms with E-state index in [0.717, 1.165) is 44.7 Å². The van der Waals surface area contributed by atoms with Gasteiger partial charge >= 0.3 is 0 Å². The number of aromatic hydroxyl groups is 1. The van der Waals surface area contributed by atoms with Crippen LogP contribution in [0.15, 0.2) is 121 Å². The predicted octanol–water partition coefficient (Wildman–Crippen LogP) is 9.89. The van der Waals surface area contributed by atoms with Crippen molar-refractivity contribution in [3.63, 3.8) is 0 Å². The second kappa shape index (κ2) is 10.3. The molecule has 1 unspecified atom stereocenters. The van der Waals surface area contributed by atoms with E-state index in [4.69, 9.17) is 14.2 Å². The van der Waals surface area contributed by atoms with Gasteiger partial charge in [0.1, 0.15) is 23.0 Å². The van der Waals surface area contributed by atoms with E-state index < -0.39 is 5.60 Å². The summed E-state index contributed by atoms with van der Waals surface area (Å²) in [6.07, 6.45) is 4.40. The Morgan fingerprint density at radius 2 is 1.33 bits per heavy atom. The number of hydrogen-bond donors (Lipinski definition) is 1. The molecular formula is C42H34O4. The normalized spacial score (nSPS) is 17.1. The van der Waals surface area contributed by atoms with Gasteiger partial charge in [-0.25, -0.2) is 0 Å². The van der Waals surface area contributed by atoms with E-state index in [0.29, 0.717) is 0 Å². The SMILES string of the molecule is COc1ccc(C2(c3ccc(O)cc3)C=Cc3c4c(c5cc(OC)ccc5c3O2)-c2ccc(-c3ccccc3)cc2C4(C)C)cc1. The second-order valence-electron chi connectivity index (χ2n) is 12.6. The highest BCUT2D eigenvalue weighted by Gasteiger charge is 2.44. The number of methoxy groups -OCH3 is 2. The molecule has 8 rings (SSSR count). The summed E-state index contributed by atoms with van der Waals surface area (Å²) >= 11 is 0. The lowest BCUT2D eigenvalue weighted by Crippen LogP contribution is -2.35. The van der Waals surface area contributed by atoms with Gasteiger partial charge in [-0.05, 0) is 93.4 Å². The van der Waals surface area contributed by atoms with Gasteiger partial charge in [-0.3, -0.25) is 0 Å². The Morgan fingerprint density at radius 1 is 0.652 bits per heavy atom. The van der Waals surface area contributed by atoms with Crippen LogP contribution in [0.5, 0.6) is 23.0 Å². The molecule has 1 N–H and O–H groups in total. The smallest absolute Gasteiger partial charge is 0.178 e. The molecule has 0 radical (unpaired) electrons. The maximum atomic E-state index is 10.2. The fraction of sp³-hybridized carbons (Fsp3) is 0.143. The van der Waals surface area contributed by atoms with E-state index in [1.165, 1.54) is 33.4 Å². The minimum atomic E-state index is -0.940. The molecule has 0 saturated heterocycles. The van der Waals surface area contributed by atoms with Crippen LogP contribution in [-0.4, -0.2) is 19.3 Å². The summed E-state index contributed by atoms with van der Waals surface area (Å²) in [4.78, 5) is 0. The summed E-state index contributed by atoms with van der Waals surface area (Å²) < 4.78 is 18.6. The Bertz CT molecular complexity index is 2160. The van der Waals surface area contributed by atoms with Crippen LogP contribution in [0.25, 0.3) is 39.1 Å². The van der Waals surface area contributed by atoms with Gasteiger partial charge in [0.15, 0.2) is 5.60 Å². The third-order valence-corrected chi connectivity index (χ3v) is 9.76. The first-order chi connectivity index (χ1) is 22.3. The van der Waals surface area contributed by atoms with Crippen molar-refractivity contribution in [3.05, 3.63) is 149 Å². The van der Waals surface area contributed by atoms with Gasteiger partial charge in [-0.2, -0.15) is 0 Å². The van der Waals surface area contributed by atoms with E-state index in [2.05, 4.69) is 86.7 Å². The Balaban J connectivity index is 1.40. The summed E-state index contributed by atoms with van der Waals surface area (Å²) in [5, 5.41) is 12.3. The predicted molar refractivity (Wildman–Crippen MR) is 185 cm³/mol. The molecule has 0 saturated carbocycles. The molecule has 4 nitrogen and oxygen atoms in total. The molecule has 0 spiro atoms. The van der Waals surface area contributed by atoms with Gasteiger partial charge in [-0.15, -0.1) is 0 Å². The van der Waals surface area contributed by atoms with E-state index in [1.54, 1.807) is 26.4 Å². The zero-order valence-electron chi connectivity index (χ0n) is 26.3. The second-order valence-corrected chi connectivity index (χ2v) is 12.6. The van der Waals surface area contributed by atoms with Crippen molar-refractivity contribution in [3.8, 4) is 45.3 Å². The molecule has 1 aliphatic heterocycles. The molecule has 226 valence electrons. The van der Waals surface area contributed by atoms with Crippen molar-refractivity contribution in [2.24, 2.45) is 0 Å². The van der Waals surface area contributed by atoms with E-state index >= 15 is 0 Å². The molecule has 0 bridgehead atoms. The molecule has 0 fully saturated rings. The molecule has 1 aliphatic carbocycles. The molecule has 0 aromatic heterocycles. The number of fused-ring (bicyclic) bond motifs is 8. The van der Waals surface area contributed by atoms with Gasteiger partial charge in [0.2, 0.25) is 0 Å². The van der Waals surface area contributed by atoms with E-state index in [-0.39, 0.29) is 11.2 Å². The van der Waals surface area contributed by atoms with Crippen LogP contribution in [0.1, 0.15) is 41.7 Å². The summed E-state index contributed by atoms with van der Waals surface area (Å²) in [7, 11) is 3.38. The van der Waals surface area contributed by atoms with Crippen LogP contribution in [0.2, 0.25) is 0 Å². The third kappa shape index (κ3) is 4.06. The third-order valence-electron chi connectivity index (χ3n) is 9.76. The molecule has 4 heteroatoms. The Hall–Kier alpha value is -5.48. The summed E-state index contributed by atoms with van der Waals surface area (Å²) in [6, 6.07) is 39.0. The van der Waals surface area contributed by atoms with Gasteiger partial charge < -0.3 is 19.3 Å². The number of phenols is 1. The van der Waals surface area contributed by atoms with Crippen molar-refractivity contribution in [1.29, 1.82) is 0 Å². The van der Waals surface area contributed by atoms with E-state index in [9.17, 15) is 5.11 Å². The van der Waals surface area contributed by atoms with Crippen LogP contribution in [0.4, 0.5) is 0 Å². The quantitative estimate of drug-likeness (QED) is 0.213. The number of phenolic OH excluding ortho intramolecular Hbond substituents is 1. The number of ether oxygens (including phenoxy) is 3. The van der Waals surface area contributed by atoms with Crippen molar-refractivity contribution >= 4 is 16.8 Å². The first-order valence-corrected chi connectivity index (χ1v) is 15.5. The van der Waals surface area contributed by atoms with Crippen LogP contribution in [-0.2, 0) is 11.0 Å². The standard InChI is InChI=1S/C42H34O4/c1-41(2)37-24-27(26-8-6-5-7-9-26)10-20-34(37)38-36-25-32(45-4)19-21-33(36)40-35(39(38)41)22-23-42(46-40,28-11-15-30(43)16-12-28)29-13-17-31(44-3)18-14-29/h5-25,43H,1-4H3. The number of rotatable bonds is 5. The molecule has 1 heterocycles. The van der Waals surface area contributed by atoms with Crippen molar-refractivity contribution in [2.75, 3.05) is 14.2 Å². The number of benzene rings is 6. The molecule has 6 aromatic rings. The summed E-state index contributed by atoms with van der Waals surface area (Å²) in [5.41, 5.74) is 9.11. The van der Waals surface area contributed by atoms with Crippen LogP contribution >= 0.6 is 0 Å². The first kappa shape index (κ1) is 28.0. The van der Waals surface area contributed by atoms with Crippen molar-refractivity contribution in [2.45, 2.75) is 24.9 Å². The maximum Gasteiger partial charge on any atom is 0.178 e. The van der Waals surface area contributed by atoms with Gasteiger partial charge in [0.05, 0.1) is 14.2 Å². The van der Waals surface area contributed by atoms with E-state index in [1.807, 2.05) is 42.5 Å². The molecule has 46 heavy (non-hydrogen) atoms. The average Bonchev–Trinajstić information content (AvgIpc) is 3.34. The zero-order chi connectivity index (χ0) is 31.6. The molecular weight excluding hydrogens is 568 g/mol. The molecule has 1 atom stereocenters. The lowest BCUT2D eigenvalue weighted by atomic mass is 9.76. The van der Waals surface area contributed by atoms with Crippen LogP contribution in [0, 0.1) is 0 Å². The largest absolute Gasteiger partial charge is 0.508 e. The monoisotopic (exact) mass is 602 g/mol. The van der Waals surface area contributed by atoms with Crippen molar-refractivity contribution in [1.82, 2.24) is 0 Å². The topological polar surface area (TPSA) is 47.9 Å². The molecule has 0 amide bonds. The lowest BCUT2D eigenvalue weighted by molar-refractivity contribution is 0.163. The summed E-state index contributed by atoms with van der Waals surface area (Å²) in [6.45, 7) is 4.63. The molecule has 6 aromatic carbocycles. The highest BCUT2D eigenvalue weighted by molar-refractivity contribution is 6.09. The lowest BCUT2D eigenvalue weighted by Gasteiger charge is -2.38. The van der Waals surface area contributed by atoms with Crippen molar-refractivity contribution < 1.29 is 19.3 Å². The Kier molecular flexibility index (Phi) is 6.26. The Morgan fingerprint density at radius 3 is 2.02 bits per heavy atom. The number of hydrogen-bond acceptors (Lipinski definition) is 4. The fourth-order valence-corrected chi connectivity index (χ4v) is 7.43. The average molecular weight is 603 g/mol. The first-order valence-electron chi connectivity index (χ1n) is 15.5. The highest BCUT2D eigenvalue weighted by atomic mass is 16.5. The fourth-order valence-electron chi connectivity index (χ4n) is 7.43. The highest BCUT2D eigenvalue weighted by Crippen LogP contribution is 2.59. The summed E-state index contributed by atoms with van der Waals surface area (Å²) in [5.74, 6) is 2.60. The minimum absolute atomic E-state index is 0.207. The van der Waals surface area contributed by atoms with Gasteiger partial charge in [0, 0.05) is 27.5 Å².